The van der Waals surface area contributed by atoms with Gasteiger partial charge in [0.1, 0.15) is 5.75 Å². The summed E-state index contributed by atoms with van der Waals surface area (Å²) in [7, 11) is 3.00. The molecule has 0 atom stereocenters. The number of carbonyl (C=O) groups excluding carboxylic acids is 1. The predicted octanol–water partition coefficient (Wildman–Crippen LogP) is 2.94. The molecule has 92 valence electrons. The number of methoxy groups -OCH3 is 2. The summed E-state index contributed by atoms with van der Waals surface area (Å²) in [5, 5.41) is 0.564. The van der Waals surface area contributed by atoms with E-state index in [-0.39, 0.29) is 5.97 Å². The molecule has 4 heteroatoms. The van der Waals surface area contributed by atoms with Gasteiger partial charge in [0.05, 0.1) is 19.6 Å². The molecule has 0 aromatic heterocycles. The van der Waals surface area contributed by atoms with E-state index in [0.29, 0.717) is 10.8 Å². The molecule has 0 amide bonds. The van der Waals surface area contributed by atoms with Crippen LogP contribution in [0.25, 0.3) is 0 Å². The molecule has 1 fully saturated rings. The van der Waals surface area contributed by atoms with Crippen molar-refractivity contribution < 1.29 is 14.3 Å². The van der Waals surface area contributed by atoms with Crippen molar-refractivity contribution in [3.63, 3.8) is 0 Å². The summed E-state index contributed by atoms with van der Waals surface area (Å²) < 4.78 is 10.00. The molecular formula is C13H15ClO3. The summed E-state index contributed by atoms with van der Waals surface area (Å²) in [6.07, 6.45) is 2.62. The van der Waals surface area contributed by atoms with Crippen molar-refractivity contribution in [2.24, 2.45) is 0 Å². The molecule has 1 aliphatic rings. The molecule has 17 heavy (non-hydrogen) atoms. The molecule has 0 heterocycles. The molecule has 1 saturated carbocycles. The van der Waals surface area contributed by atoms with Gasteiger partial charge in [0.15, 0.2) is 0 Å². The molecule has 1 aromatic rings. The van der Waals surface area contributed by atoms with Crippen molar-refractivity contribution in [1.82, 2.24) is 0 Å². The van der Waals surface area contributed by atoms with Crippen LogP contribution in [0.15, 0.2) is 18.2 Å². The number of esters is 1. The molecule has 0 saturated heterocycles. The van der Waals surface area contributed by atoms with Crippen molar-refractivity contribution in [3.05, 3.63) is 28.8 Å². The van der Waals surface area contributed by atoms with Gasteiger partial charge in [-0.15, -0.1) is 0 Å². The molecule has 0 spiro atoms. The molecule has 2 rings (SSSR count). The molecule has 0 N–H and O–H groups in total. The molecule has 0 aliphatic heterocycles. The average Bonchev–Trinajstić information content (AvgIpc) is 2.29. The third kappa shape index (κ3) is 1.89. The highest BCUT2D eigenvalue weighted by Gasteiger charge is 2.47. The minimum atomic E-state index is -0.544. The Labute approximate surface area is 106 Å². The second kappa shape index (κ2) is 4.57. The quantitative estimate of drug-likeness (QED) is 0.778. The van der Waals surface area contributed by atoms with Gasteiger partial charge in [-0.3, -0.25) is 4.79 Å². The number of rotatable bonds is 3. The Hall–Kier alpha value is -1.22. The molecular weight excluding hydrogens is 240 g/mol. The van der Waals surface area contributed by atoms with E-state index < -0.39 is 5.41 Å². The van der Waals surface area contributed by atoms with Gasteiger partial charge in [-0.25, -0.2) is 0 Å². The SMILES string of the molecule is COC(=O)C1(c2ccc(OC)cc2Cl)CCC1. The Bertz CT molecular complexity index is 438. The Morgan fingerprint density at radius 1 is 1.35 bits per heavy atom. The molecule has 0 radical (unpaired) electrons. The van der Waals surface area contributed by atoms with E-state index in [1.54, 1.807) is 13.2 Å². The molecule has 0 unspecified atom stereocenters. The van der Waals surface area contributed by atoms with Crippen LogP contribution in [-0.4, -0.2) is 20.2 Å². The van der Waals surface area contributed by atoms with Crippen molar-refractivity contribution in [1.29, 1.82) is 0 Å². The Kier molecular flexibility index (Phi) is 3.29. The maximum Gasteiger partial charge on any atom is 0.316 e. The second-order valence-electron chi connectivity index (χ2n) is 4.27. The summed E-state index contributed by atoms with van der Waals surface area (Å²) in [6, 6.07) is 5.42. The van der Waals surface area contributed by atoms with Gasteiger partial charge in [-0.2, -0.15) is 0 Å². The number of hydrogen-bond acceptors (Lipinski definition) is 3. The van der Waals surface area contributed by atoms with Crippen LogP contribution < -0.4 is 4.74 Å². The minimum absolute atomic E-state index is 0.198. The lowest BCUT2D eigenvalue weighted by Gasteiger charge is -2.39. The molecule has 1 aromatic carbocycles. The fourth-order valence-electron chi connectivity index (χ4n) is 2.32. The Balaban J connectivity index is 2.41. The summed E-state index contributed by atoms with van der Waals surface area (Å²) in [4.78, 5) is 11.9. The summed E-state index contributed by atoms with van der Waals surface area (Å²) in [5.74, 6) is 0.494. The Morgan fingerprint density at radius 2 is 2.06 bits per heavy atom. The van der Waals surface area contributed by atoms with Crippen LogP contribution in [0.2, 0.25) is 5.02 Å². The normalized spacial score (nSPS) is 17.1. The van der Waals surface area contributed by atoms with Gasteiger partial charge < -0.3 is 9.47 Å². The first-order valence-electron chi connectivity index (χ1n) is 5.56. The Morgan fingerprint density at radius 3 is 2.47 bits per heavy atom. The number of ether oxygens (including phenoxy) is 2. The van der Waals surface area contributed by atoms with Gasteiger partial charge in [-0.1, -0.05) is 24.1 Å². The van der Waals surface area contributed by atoms with Crippen LogP contribution in [0.1, 0.15) is 24.8 Å². The zero-order valence-electron chi connectivity index (χ0n) is 9.96. The predicted molar refractivity (Wildman–Crippen MR) is 65.5 cm³/mol. The number of carbonyl (C=O) groups is 1. The van der Waals surface area contributed by atoms with Crippen LogP contribution in [0, 0.1) is 0 Å². The molecule has 0 bridgehead atoms. The van der Waals surface area contributed by atoms with Crippen molar-refractivity contribution in [2.45, 2.75) is 24.7 Å². The summed E-state index contributed by atoms with van der Waals surface area (Å²) >= 11 is 6.22. The van der Waals surface area contributed by atoms with E-state index >= 15 is 0 Å². The molecule has 1 aliphatic carbocycles. The van der Waals surface area contributed by atoms with E-state index in [4.69, 9.17) is 21.1 Å². The largest absolute Gasteiger partial charge is 0.497 e. The van der Waals surface area contributed by atoms with Crippen LogP contribution in [-0.2, 0) is 14.9 Å². The third-order valence-corrected chi connectivity index (χ3v) is 3.79. The van der Waals surface area contributed by atoms with E-state index in [2.05, 4.69) is 0 Å². The highest BCUT2D eigenvalue weighted by Crippen LogP contribution is 2.47. The molecule has 3 nitrogen and oxygen atoms in total. The van der Waals surface area contributed by atoms with E-state index in [1.807, 2.05) is 12.1 Å². The fourth-order valence-corrected chi connectivity index (χ4v) is 2.67. The van der Waals surface area contributed by atoms with Gasteiger partial charge in [0.2, 0.25) is 0 Å². The van der Waals surface area contributed by atoms with Crippen molar-refractivity contribution >= 4 is 17.6 Å². The number of hydrogen-bond donors (Lipinski definition) is 0. The first-order valence-corrected chi connectivity index (χ1v) is 5.94. The lowest BCUT2D eigenvalue weighted by Crippen LogP contribution is -2.43. The smallest absolute Gasteiger partial charge is 0.316 e. The zero-order valence-corrected chi connectivity index (χ0v) is 10.7. The maximum absolute atomic E-state index is 11.9. The van der Waals surface area contributed by atoms with Gasteiger partial charge >= 0.3 is 5.97 Å². The summed E-state index contributed by atoms with van der Waals surface area (Å²) in [5.41, 5.74) is 0.302. The zero-order chi connectivity index (χ0) is 12.5. The van der Waals surface area contributed by atoms with Crippen LogP contribution >= 0.6 is 11.6 Å². The number of halogens is 1. The first kappa shape index (κ1) is 12.2. The van der Waals surface area contributed by atoms with Gasteiger partial charge in [0.25, 0.3) is 0 Å². The highest BCUT2D eigenvalue weighted by molar-refractivity contribution is 6.32. The maximum atomic E-state index is 11.9. The van der Waals surface area contributed by atoms with E-state index in [9.17, 15) is 4.79 Å². The fraction of sp³-hybridized carbons (Fsp3) is 0.462. The minimum Gasteiger partial charge on any atom is -0.497 e. The highest BCUT2D eigenvalue weighted by atomic mass is 35.5. The van der Waals surface area contributed by atoms with Crippen molar-refractivity contribution in [2.75, 3.05) is 14.2 Å². The van der Waals surface area contributed by atoms with E-state index in [1.165, 1.54) is 7.11 Å². The monoisotopic (exact) mass is 254 g/mol. The van der Waals surface area contributed by atoms with Crippen LogP contribution in [0.4, 0.5) is 0 Å². The van der Waals surface area contributed by atoms with Gasteiger partial charge in [-0.05, 0) is 30.5 Å². The van der Waals surface area contributed by atoms with Crippen LogP contribution in [0.3, 0.4) is 0 Å². The first-order chi connectivity index (χ1) is 8.14. The van der Waals surface area contributed by atoms with Crippen LogP contribution in [0.5, 0.6) is 5.75 Å². The van der Waals surface area contributed by atoms with E-state index in [0.717, 1.165) is 24.8 Å². The van der Waals surface area contributed by atoms with Crippen molar-refractivity contribution in [3.8, 4) is 5.75 Å². The number of benzene rings is 1. The third-order valence-electron chi connectivity index (χ3n) is 3.48. The average molecular weight is 255 g/mol. The lowest BCUT2D eigenvalue weighted by molar-refractivity contribution is -0.151. The topological polar surface area (TPSA) is 35.5 Å². The summed E-state index contributed by atoms with van der Waals surface area (Å²) in [6.45, 7) is 0. The van der Waals surface area contributed by atoms with Gasteiger partial charge in [0, 0.05) is 5.02 Å². The second-order valence-corrected chi connectivity index (χ2v) is 4.68. The standard InChI is InChI=1S/C13H15ClO3/c1-16-9-4-5-10(11(14)8-9)13(6-3-7-13)12(15)17-2/h4-5,8H,3,6-7H2,1-2H3. The lowest BCUT2D eigenvalue weighted by atomic mass is 9.64.